The molecule has 0 bridgehead atoms. The van der Waals surface area contributed by atoms with Gasteiger partial charge >= 0.3 is 11.8 Å². The molecular weight excluding hydrogens is 374 g/mol. The molecule has 0 amide bonds. The normalized spacial score (nSPS) is 32.3. The highest BCUT2D eigenvalue weighted by Crippen LogP contribution is 2.46. The highest BCUT2D eigenvalue weighted by molar-refractivity contribution is 6.45. The maximum atomic E-state index is 13.1. The van der Waals surface area contributed by atoms with Gasteiger partial charge in [-0.15, -0.1) is 0 Å². The van der Waals surface area contributed by atoms with Gasteiger partial charge in [0, 0.05) is 18.6 Å². The summed E-state index contributed by atoms with van der Waals surface area (Å²) in [5.74, 6) is -3.08. The number of esters is 1. The number of rotatable bonds is 3. The van der Waals surface area contributed by atoms with Crippen molar-refractivity contribution >= 4 is 23.2 Å². The SMILES string of the molecule is CC(C)(C)OC(=O)C1=N[C@@H]2C3=C(CCCC3)C(=O)[C@@H]2/C1=C\O[C@@]1(C)OC=CC1=O. The minimum absolute atomic E-state index is 0.0104. The molecule has 0 saturated carbocycles. The van der Waals surface area contributed by atoms with Crippen molar-refractivity contribution in [3.8, 4) is 0 Å². The number of ketones is 2. The van der Waals surface area contributed by atoms with Gasteiger partial charge in [0.05, 0.1) is 24.5 Å². The van der Waals surface area contributed by atoms with E-state index in [0.29, 0.717) is 5.57 Å². The Morgan fingerprint density at radius 1 is 1.28 bits per heavy atom. The molecular formula is C22H25NO6. The Bertz CT molecular complexity index is 916. The fourth-order valence-electron chi connectivity index (χ4n) is 4.22. The van der Waals surface area contributed by atoms with Gasteiger partial charge < -0.3 is 14.2 Å². The second kappa shape index (κ2) is 6.68. The summed E-state index contributed by atoms with van der Waals surface area (Å²) < 4.78 is 16.4. The molecule has 2 aliphatic heterocycles. The number of hydrogen-bond donors (Lipinski definition) is 0. The number of ether oxygens (including phenoxy) is 3. The van der Waals surface area contributed by atoms with Gasteiger partial charge in [-0.1, -0.05) is 0 Å². The number of hydrogen-bond acceptors (Lipinski definition) is 7. The van der Waals surface area contributed by atoms with Crippen LogP contribution in [0.5, 0.6) is 0 Å². The molecule has 0 N–H and O–H groups in total. The highest BCUT2D eigenvalue weighted by atomic mass is 16.7. The van der Waals surface area contributed by atoms with Gasteiger partial charge in [0.2, 0.25) is 5.78 Å². The first kappa shape index (κ1) is 19.6. The van der Waals surface area contributed by atoms with E-state index in [-0.39, 0.29) is 23.3 Å². The number of Topliss-reactive ketones (excluding diaryl/α,β-unsaturated/α-hetero) is 1. The molecule has 0 saturated heterocycles. The van der Waals surface area contributed by atoms with E-state index in [9.17, 15) is 14.4 Å². The van der Waals surface area contributed by atoms with Crippen molar-refractivity contribution < 1.29 is 28.6 Å². The lowest BCUT2D eigenvalue weighted by Gasteiger charge is -2.23. The summed E-state index contributed by atoms with van der Waals surface area (Å²) in [4.78, 5) is 42.6. The first-order valence-corrected chi connectivity index (χ1v) is 9.95. The third-order valence-electron chi connectivity index (χ3n) is 5.60. The van der Waals surface area contributed by atoms with E-state index in [2.05, 4.69) is 4.99 Å². The van der Waals surface area contributed by atoms with Crippen LogP contribution in [-0.2, 0) is 28.6 Å². The molecule has 4 rings (SSSR count). The topological polar surface area (TPSA) is 91.3 Å². The second-order valence-electron chi connectivity index (χ2n) is 8.90. The van der Waals surface area contributed by atoms with Gasteiger partial charge in [-0.25, -0.2) is 4.79 Å². The van der Waals surface area contributed by atoms with E-state index in [1.54, 1.807) is 20.8 Å². The van der Waals surface area contributed by atoms with E-state index in [4.69, 9.17) is 14.2 Å². The maximum Gasteiger partial charge on any atom is 0.357 e. The molecule has 0 fully saturated rings. The van der Waals surface area contributed by atoms with E-state index < -0.39 is 23.3 Å². The van der Waals surface area contributed by atoms with Gasteiger partial charge in [0.25, 0.3) is 0 Å². The minimum Gasteiger partial charge on any atom is -0.455 e. The zero-order chi connectivity index (χ0) is 21.0. The number of aliphatic imine (C=N–C) groups is 1. The molecule has 0 aromatic heterocycles. The van der Waals surface area contributed by atoms with Crippen LogP contribution in [0.1, 0.15) is 53.4 Å². The zero-order valence-corrected chi connectivity index (χ0v) is 17.1. The average Bonchev–Trinajstić information content (AvgIpc) is 3.26. The van der Waals surface area contributed by atoms with E-state index >= 15 is 0 Å². The molecule has 2 heterocycles. The van der Waals surface area contributed by atoms with Crippen molar-refractivity contribution in [2.45, 2.75) is 70.8 Å². The lowest BCUT2D eigenvalue weighted by atomic mass is 9.91. The Morgan fingerprint density at radius 3 is 2.66 bits per heavy atom. The van der Waals surface area contributed by atoms with Gasteiger partial charge in [-0.05, 0) is 57.6 Å². The minimum atomic E-state index is -1.52. The highest BCUT2D eigenvalue weighted by Gasteiger charge is 2.51. The van der Waals surface area contributed by atoms with Gasteiger partial charge in [-0.2, -0.15) is 0 Å². The standard InChI is InChI=1S/C22H25NO6/c1-21(2,3)29-20(26)18-14(11-28-22(4)15(24)9-10-27-22)16-17(23-18)12-7-5-6-8-13(12)19(16)25/h9-11,16-17H,5-8H2,1-4H3/b14-11+/t16-,17-,22-/m1/s1. The van der Waals surface area contributed by atoms with Crippen molar-refractivity contribution in [2.24, 2.45) is 10.9 Å². The zero-order valence-electron chi connectivity index (χ0n) is 17.1. The van der Waals surface area contributed by atoms with Crippen molar-refractivity contribution in [1.29, 1.82) is 0 Å². The van der Waals surface area contributed by atoms with Crippen LogP contribution < -0.4 is 0 Å². The van der Waals surface area contributed by atoms with Gasteiger partial charge in [0.15, 0.2) is 11.5 Å². The predicted molar refractivity (Wildman–Crippen MR) is 104 cm³/mol. The van der Waals surface area contributed by atoms with Gasteiger partial charge in [0.1, 0.15) is 5.60 Å². The molecule has 0 aromatic rings. The summed E-state index contributed by atoms with van der Waals surface area (Å²) in [5, 5.41) is 0. The monoisotopic (exact) mass is 399 g/mol. The molecule has 7 nitrogen and oxygen atoms in total. The van der Waals surface area contributed by atoms with Crippen LogP contribution in [0.2, 0.25) is 0 Å². The molecule has 0 unspecified atom stereocenters. The van der Waals surface area contributed by atoms with Crippen molar-refractivity contribution in [3.63, 3.8) is 0 Å². The number of allylic oxidation sites excluding steroid dienone is 1. The Kier molecular flexibility index (Phi) is 4.52. The summed E-state index contributed by atoms with van der Waals surface area (Å²) >= 11 is 0. The molecule has 4 aliphatic rings. The maximum absolute atomic E-state index is 13.1. The number of carbonyl (C=O) groups is 3. The smallest absolute Gasteiger partial charge is 0.357 e. The lowest BCUT2D eigenvalue weighted by Crippen LogP contribution is -2.35. The Balaban J connectivity index is 1.70. The third kappa shape index (κ3) is 3.32. The van der Waals surface area contributed by atoms with Crippen LogP contribution in [0.15, 0.2) is 40.3 Å². The van der Waals surface area contributed by atoms with E-state index in [1.807, 2.05) is 0 Å². The van der Waals surface area contributed by atoms with E-state index in [0.717, 1.165) is 36.8 Å². The van der Waals surface area contributed by atoms with Crippen LogP contribution in [-0.4, -0.2) is 40.7 Å². The Labute approximate surface area is 169 Å². The molecule has 0 spiro atoms. The second-order valence-corrected chi connectivity index (χ2v) is 8.90. The first-order valence-electron chi connectivity index (χ1n) is 9.95. The number of carbonyl (C=O) groups excluding carboxylic acids is 3. The van der Waals surface area contributed by atoms with Crippen LogP contribution in [0.3, 0.4) is 0 Å². The fourth-order valence-corrected chi connectivity index (χ4v) is 4.22. The molecule has 154 valence electrons. The lowest BCUT2D eigenvalue weighted by molar-refractivity contribution is -0.168. The summed E-state index contributed by atoms with van der Waals surface area (Å²) in [7, 11) is 0. The fraction of sp³-hybridized carbons (Fsp3) is 0.545. The van der Waals surface area contributed by atoms with Crippen LogP contribution >= 0.6 is 0 Å². The predicted octanol–water partition coefficient (Wildman–Crippen LogP) is 2.95. The largest absolute Gasteiger partial charge is 0.455 e. The average molecular weight is 399 g/mol. The van der Waals surface area contributed by atoms with Crippen LogP contribution in [0.4, 0.5) is 0 Å². The first-order chi connectivity index (χ1) is 13.6. The number of fused-ring (bicyclic) bond motifs is 2. The van der Waals surface area contributed by atoms with Crippen LogP contribution in [0.25, 0.3) is 0 Å². The summed E-state index contributed by atoms with van der Waals surface area (Å²) in [6, 6.07) is -0.388. The molecule has 7 heteroatoms. The summed E-state index contributed by atoms with van der Waals surface area (Å²) in [5.41, 5.74) is 1.60. The quantitative estimate of drug-likeness (QED) is 0.535. The van der Waals surface area contributed by atoms with Crippen molar-refractivity contribution in [3.05, 3.63) is 35.3 Å². The summed E-state index contributed by atoms with van der Waals surface area (Å²) in [6.07, 6.45) is 7.37. The third-order valence-corrected chi connectivity index (χ3v) is 5.60. The molecule has 0 aromatic carbocycles. The summed E-state index contributed by atoms with van der Waals surface area (Å²) in [6.45, 7) is 6.80. The number of nitrogens with zero attached hydrogens (tertiary/aromatic N) is 1. The van der Waals surface area contributed by atoms with Crippen molar-refractivity contribution in [2.75, 3.05) is 0 Å². The van der Waals surface area contributed by atoms with Crippen molar-refractivity contribution in [1.82, 2.24) is 0 Å². The Morgan fingerprint density at radius 2 is 2.00 bits per heavy atom. The van der Waals surface area contributed by atoms with Crippen LogP contribution in [0, 0.1) is 5.92 Å². The molecule has 29 heavy (non-hydrogen) atoms. The Hall–Kier alpha value is -2.70. The molecule has 3 atom stereocenters. The molecule has 2 aliphatic carbocycles. The van der Waals surface area contributed by atoms with Gasteiger partial charge in [-0.3, -0.25) is 14.6 Å². The van der Waals surface area contributed by atoms with E-state index in [1.165, 1.54) is 25.5 Å². The molecule has 0 radical (unpaired) electrons.